The molecule has 0 aliphatic rings. The largest absolute Gasteiger partial charge is 0.437 e. The Labute approximate surface area is 125 Å². The molecule has 100 valence electrons. The molecule has 0 saturated heterocycles. The molecule has 1 heterocycles. The minimum Gasteiger partial charge on any atom is -0.437 e. The van der Waals surface area contributed by atoms with Gasteiger partial charge in [-0.15, -0.1) is 0 Å². The summed E-state index contributed by atoms with van der Waals surface area (Å²) in [4.78, 5) is 9.04. The first-order valence-electron chi connectivity index (χ1n) is 6.31. The van der Waals surface area contributed by atoms with Crippen LogP contribution in [-0.4, -0.2) is 9.97 Å². The summed E-state index contributed by atoms with van der Waals surface area (Å²) in [6.45, 7) is 3.93. The van der Waals surface area contributed by atoms with Gasteiger partial charge in [0.25, 0.3) is 0 Å². The molecule has 0 unspecified atom stereocenters. The Morgan fingerprint density at radius 2 is 1.65 bits per heavy atom. The first kappa shape index (κ1) is 13.1. The summed E-state index contributed by atoms with van der Waals surface area (Å²) in [6, 6.07) is 13.6. The number of benzene rings is 2. The molecule has 20 heavy (non-hydrogen) atoms. The smallest absolute Gasteiger partial charge is 0.241 e. The number of halogens is 1. The maximum Gasteiger partial charge on any atom is 0.241 e. The second kappa shape index (κ2) is 5.21. The number of ether oxygens (including phenoxy) is 1. The zero-order valence-corrected chi connectivity index (χ0v) is 12.8. The lowest BCUT2D eigenvalue weighted by Crippen LogP contribution is -1.95. The molecule has 1 aromatic heterocycles. The minimum absolute atomic E-state index is 0.547. The highest BCUT2D eigenvalue weighted by molar-refractivity contribution is 9.10. The number of aryl methyl sites for hydroxylation is 2. The van der Waals surface area contributed by atoms with E-state index in [9.17, 15) is 0 Å². The summed E-state index contributed by atoms with van der Waals surface area (Å²) < 4.78 is 6.92. The average molecular weight is 329 g/mol. The Bertz CT molecular complexity index is 787. The maximum atomic E-state index is 5.86. The molecule has 0 amide bonds. The summed E-state index contributed by atoms with van der Waals surface area (Å²) in [5.74, 6) is 1.31. The monoisotopic (exact) mass is 328 g/mol. The third kappa shape index (κ3) is 2.51. The molecule has 0 atom stereocenters. The van der Waals surface area contributed by atoms with Gasteiger partial charge in [-0.25, -0.2) is 9.97 Å². The summed E-state index contributed by atoms with van der Waals surface area (Å²) in [6.07, 6.45) is 0. The molecule has 0 fully saturated rings. The molecule has 3 rings (SSSR count). The van der Waals surface area contributed by atoms with Gasteiger partial charge in [-0.3, -0.25) is 0 Å². The Balaban J connectivity index is 2.01. The van der Waals surface area contributed by atoms with Crippen molar-refractivity contribution in [2.45, 2.75) is 13.8 Å². The molecule has 0 aliphatic heterocycles. The lowest BCUT2D eigenvalue weighted by atomic mass is 10.2. The molecule has 0 bridgehead atoms. The number of aromatic nitrogens is 2. The standard InChI is InChI=1S/C16H13BrN2O/c1-10-9-12(7-8-13(10)17)20-16-11(2)18-14-5-3-4-6-15(14)19-16/h3-9H,1-2H3. The molecule has 0 spiro atoms. The average Bonchev–Trinajstić information content (AvgIpc) is 2.44. The summed E-state index contributed by atoms with van der Waals surface area (Å²) in [7, 11) is 0. The fourth-order valence-corrected chi connectivity index (χ4v) is 2.21. The van der Waals surface area contributed by atoms with Crippen molar-refractivity contribution in [3.05, 3.63) is 58.2 Å². The number of rotatable bonds is 2. The summed E-state index contributed by atoms with van der Waals surface area (Å²) in [5.41, 5.74) is 3.62. The van der Waals surface area contributed by atoms with E-state index in [1.165, 1.54) is 0 Å². The number of para-hydroxylation sites is 2. The van der Waals surface area contributed by atoms with Crippen LogP contribution in [0.4, 0.5) is 0 Å². The topological polar surface area (TPSA) is 35.0 Å². The van der Waals surface area contributed by atoms with Gasteiger partial charge in [0, 0.05) is 4.47 Å². The number of fused-ring (bicyclic) bond motifs is 1. The SMILES string of the molecule is Cc1cc(Oc2nc3ccccc3nc2C)ccc1Br. The highest BCUT2D eigenvalue weighted by atomic mass is 79.9. The van der Waals surface area contributed by atoms with E-state index in [0.29, 0.717) is 5.88 Å². The van der Waals surface area contributed by atoms with Crippen molar-refractivity contribution in [3.8, 4) is 11.6 Å². The zero-order valence-electron chi connectivity index (χ0n) is 11.2. The molecule has 0 aliphatic carbocycles. The second-order valence-corrected chi connectivity index (χ2v) is 5.47. The van der Waals surface area contributed by atoms with Crippen molar-refractivity contribution in [1.82, 2.24) is 9.97 Å². The Kier molecular flexibility index (Phi) is 3.40. The number of hydrogen-bond acceptors (Lipinski definition) is 3. The van der Waals surface area contributed by atoms with Crippen LogP contribution in [0.1, 0.15) is 11.3 Å². The summed E-state index contributed by atoms with van der Waals surface area (Å²) >= 11 is 3.48. The van der Waals surface area contributed by atoms with Gasteiger partial charge >= 0.3 is 0 Å². The van der Waals surface area contributed by atoms with E-state index in [2.05, 4.69) is 25.9 Å². The van der Waals surface area contributed by atoms with Gasteiger partial charge in [0.1, 0.15) is 11.4 Å². The van der Waals surface area contributed by atoms with Crippen LogP contribution in [0, 0.1) is 13.8 Å². The van der Waals surface area contributed by atoms with Gasteiger partial charge in [0.05, 0.1) is 11.0 Å². The van der Waals surface area contributed by atoms with Crippen LogP contribution in [0.2, 0.25) is 0 Å². The highest BCUT2D eigenvalue weighted by Crippen LogP contribution is 2.27. The first-order chi connectivity index (χ1) is 9.63. The van der Waals surface area contributed by atoms with Crippen LogP contribution in [0.5, 0.6) is 11.6 Å². The Morgan fingerprint density at radius 1 is 0.950 bits per heavy atom. The van der Waals surface area contributed by atoms with Crippen LogP contribution in [-0.2, 0) is 0 Å². The van der Waals surface area contributed by atoms with Crippen molar-refractivity contribution >= 4 is 27.0 Å². The molecule has 3 aromatic rings. The van der Waals surface area contributed by atoms with Gasteiger partial charge in [0.2, 0.25) is 5.88 Å². The van der Waals surface area contributed by atoms with E-state index in [1.807, 2.05) is 56.3 Å². The highest BCUT2D eigenvalue weighted by Gasteiger charge is 2.08. The van der Waals surface area contributed by atoms with Crippen molar-refractivity contribution in [1.29, 1.82) is 0 Å². The van der Waals surface area contributed by atoms with E-state index < -0.39 is 0 Å². The third-order valence-electron chi connectivity index (χ3n) is 3.05. The lowest BCUT2D eigenvalue weighted by molar-refractivity contribution is 0.457. The van der Waals surface area contributed by atoms with E-state index in [0.717, 1.165) is 32.5 Å². The van der Waals surface area contributed by atoms with Gasteiger partial charge in [-0.05, 0) is 49.7 Å². The molecule has 0 radical (unpaired) electrons. The predicted molar refractivity (Wildman–Crippen MR) is 83.2 cm³/mol. The predicted octanol–water partition coefficient (Wildman–Crippen LogP) is 4.80. The lowest BCUT2D eigenvalue weighted by Gasteiger charge is -2.09. The first-order valence-corrected chi connectivity index (χ1v) is 7.10. The molecule has 0 saturated carbocycles. The van der Waals surface area contributed by atoms with Crippen molar-refractivity contribution in [2.24, 2.45) is 0 Å². The molecule has 4 heteroatoms. The van der Waals surface area contributed by atoms with E-state index in [1.54, 1.807) is 0 Å². The third-order valence-corrected chi connectivity index (χ3v) is 3.94. The van der Waals surface area contributed by atoms with Gasteiger partial charge in [-0.2, -0.15) is 0 Å². The van der Waals surface area contributed by atoms with E-state index in [-0.39, 0.29) is 0 Å². The van der Waals surface area contributed by atoms with Gasteiger partial charge in [-0.1, -0.05) is 28.1 Å². The minimum atomic E-state index is 0.547. The maximum absolute atomic E-state index is 5.86. The van der Waals surface area contributed by atoms with Gasteiger partial charge < -0.3 is 4.74 Å². The van der Waals surface area contributed by atoms with Crippen LogP contribution in [0.25, 0.3) is 11.0 Å². The number of hydrogen-bond donors (Lipinski definition) is 0. The van der Waals surface area contributed by atoms with Gasteiger partial charge in [0.15, 0.2) is 0 Å². The van der Waals surface area contributed by atoms with Crippen LogP contribution in [0.3, 0.4) is 0 Å². The summed E-state index contributed by atoms with van der Waals surface area (Å²) in [5, 5.41) is 0. The molecular formula is C16H13BrN2O. The Morgan fingerprint density at radius 3 is 2.35 bits per heavy atom. The molecular weight excluding hydrogens is 316 g/mol. The van der Waals surface area contributed by atoms with Crippen molar-refractivity contribution in [3.63, 3.8) is 0 Å². The Hall–Kier alpha value is -1.94. The zero-order chi connectivity index (χ0) is 14.1. The fraction of sp³-hybridized carbons (Fsp3) is 0.125. The van der Waals surface area contributed by atoms with Crippen LogP contribution < -0.4 is 4.74 Å². The van der Waals surface area contributed by atoms with E-state index in [4.69, 9.17) is 4.74 Å². The van der Waals surface area contributed by atoms with Crippen molar-refractivity contribution < 1.29 is 4.74 Å². The number of nitrogens with zero attached hydrogens (tertiary/aromatic N) is 2. The van der Waals surface area contributed by atoms with Crippen LogP contribution >= 0.6 is 15.9 Å². The normalized spacial score (nSPS) is 10.8. The quantitative estimate of drug-likeness (QED) is 0.677. The second-order valence-electron chi connectivity index (χ2n) is 4.62. The van der Waals surface area contributed by atoms with Crippen LogP contribution in [0.15, 0.2) is 46.9 Å². The molecule has 0 N–H and O–H groups in total. The fourth-order valence-electron chi connectivity index (χ4n) is 1.96. The van der Waals surface area contributed by atoms with Crippen molar-refractivity contribution in [2.75, 3.05) is 0 Å². The molecule has 3 nitrogen and oxygen atoms in total. The molecule has 2 aromatic carbocycles. The van der Waals surface area contributed by atoms with E-state index >= 15 is 0 Å².